The predicted octanol–water partition coefficient (Wildman–Crippen LogP) is 6.71. The quantitative estimate of drug-likeness (QED) is 0.0194. The van der Waals surface area contributed by atoms with Crippen LogP contribution in [0.2, 0.25) is 0 Å². The maximum absolute atomic E-state index is 13.0. The zero-order valence-electron chi connectivity index (χ0n) is 40.2. The number of carbonyl (C=O) groups excluding carboxylic acids is 2. The fraction of sp³-hybridized carbons (Fsp3) is 0.804. The molecule has 2 rings (SSSR count). The Morgan fingerprint density at radius 1 is 0.485 bits per heavy atom. The molecule has 66 heavy (non-hydrogen) atoms. The average molecular weight is 941 g/mol. The molecule has 0 aliphatic carbocycles. The van der Waals surface area contributed by atoms with Gasteiger partial charge in [-0.15, -0.1) is 0 Å². The zero-order chi connectivity index (χ0) is 48.2. The number of hydrogen-bond acceptors (Lipinski definition) is 15. The number of esters is 2. The van der Waals surface area contributed by atoms with Crippen molar-refractivity contribution in [1.29, 1.82) is 0 Å². The first-order chi connectivity index (χ1) is 32.0. The Hall–Kier alpha value is -2.54. The fourth-order valence-electron chi connectivity index (χ4n) is 7.58. The minimum Gasteiger partial charge on any atom is -0.462 e. The van der Waals surface area contributed by atoms with Gasteiger partial charge in [0.2, 0.25) is 0 Å². The Kier molecular flexibility index (Phi) is 34.6. The molecule has 0 spiro atoms. The molecule has 0 amide bonds. The lowest BCUT2D eigenvalue weighted by molar-refractivity contribution is -0.332. The van der Waals surface area contributed by atoms with Gasteiger partial charge in [-0.1, -0.05) is 133 Å². The average Bonchev–Trinajstić information content (AvgIpc) is 3.31. The molecule has 0 bridgehead atoms. The summed E-state index contributed by atoms with van der Waals surface area (Å²) < 4.78 is 33.5. The first-order valence-electron chi connectivity index (χ1n) is 25.2. The van der Waals surface area contributed by atoms with E-state index in [1.54, 1.807) is 0 Å². The second-order valence-corrected chi connectivity index (χ2v) is 17.6. The number of unbranched alkanes of at least 4 members (excludes halogenated alkanes) is 16. The highest BCUT2D eigenvalue weighted by Gasteiger charge is 2.47. The summed E-state index contributed by atoms with van der Waals surface area (Å²) >= 11 is 0. The molecule has 2 heterocycles. The summed E-state index contributed by atoms with van der Waals surface area (Å²) in [5.74, 6) is -1.01. The van der Waals surface area contributed by atoms with Crippen LogP contribution < -0.4 is 0 Å². The maximum atomic E-state index is 13.0. The van der Waals surface area contributed by atoms with E-state index in [0.717, 1.165) is 44.9 Å². The SMILES string of the molecule is CCCCCCCC/C=C/C/C=C/C/C=C/CCCC(=O)O[C@H](COC(=O)CCCCC/C=C/CCCCCCCC)CO[C@H]1O[C@@H](CO[C@H]2O[C@@H](CO)[C@@H](O)C(O)C2O)[C@@H](O)C(O)C1O. The van der Waals surface area contributed by atoms with Crippen molar-refractivity contribution in [3.05, 3.63) is 48.6 Å². The second-order valence-electron chi connectivity index (χ2n) is 17.6. The summed E-state index contributed by atoms with van der Waals surface area (Å²) in [5, 5.41) is 72.0. The number of carbonyl (C=O) groups is 2. The summed E-state index contributed by atoms with van der Waals surface area (Å²) in [7, 11) is 0. The van der Waals surface area contributed by atoms with E-state index in [2.05, 4.69) is 56.4 Å². The third-order valence-corrected chi connectivity index (χ3v) is 11.8. The number of rotatable bonds is 38. The van der Waals surface area contributed by atoms with Crippen molar-refractivity contribution in [2.24, 2.45) is 0 Å². The van der Waals surface area contributed by atoms with Crippen molar-refractivity contribution in [2.75, 3.05) is 26.4 Å². The van der Waals surface area contributed by atoms with Gasteiger partial charge in [-0.05, 0) is 70.6 Å². The van der Waals surface area contributed by atoms with Gasteiger partial charge in [0.05, 0.1) is 19.8 Å². The van der Waals surface area contributed by atoms with Crippen molar-refractivity contribution in [3.63, 3.8) is 0 Å². The molecule has 0 aromatic rings. The molecule has 0 aromatic carbocycles. The molecule has 2 saturated heterocycles. The van der Waals surface area contributed by atoms with Crippen LogP contribution in [0.4, 0.5) is 0 Å². The van der Waals surface area contributed by atoms with E-state index < -0.39 is 99.3 Å². The van der Waals surface area contributed by atoms with E-state index in [0.29, 0.717) is 19.3 Å². The maximum Gasteiger partial charge on any atom is 0.306 e. The first-order valence-corrected chi connectivity index (χ1v) is 25.2. The Bertz CT molecular complexity index is 1340. The van der Waals surface area contributed by atoms with Crippen molar-refractivity contribution in [2.45, 2.75) is 235 Å². The van der Waals surface area contributed by atoms with Gasteiger partial charge >= 0.3 is 11.9 Å². The number of ether oxygens (including phenoxy) is 6. The normalized spacial score (nSPS) is 26.6. The summed E-state index contributed by atoms with van der Waals surface area (Å²) in [6.07, 6.45) is 24.4. The van der Waals surface area contributed by atoms with Gasteiger partial charge in [-0.3, -0.25) is 9.59 Å². The molecular formula is C51H88O15. The van der Waals surface area contributed by atoms with Gasteiger partial charge in [0.15, 0.2) is 18.7 Å². The van der Waals surface area contributed by atoms with Crippen molar-refractivity contribution >= 4 is 11.9 Å². The van der Waals surface area contributed by atoms with Crippen LogP contribution in [0.15, 0.2) is 48.6 Å². The van der Waals surface area contributed by atoms with Gasteiger partial charge in [-0.25, -0.2) is 0 Å². The number of aliphatic hydroxyl groups is 7. The Morgan fingerprint density at radius 3 is 1.48 bits per heavy atom. The van der Waals surface area contributed by atoms with E-state index in [9.17, 15) is 45.3 Å². The van der Waals surface area contributed by atoms with E-state index in [-0.39, 0.29) is 19.4 Å². The van der Waals surface area contributed by atoms with Crippen molar-refractivity contribution in [1.82, 2.24) is 0 Å². The molecule has 382 valence electrons. The predicted molar refractivity (Wildman–Crippen MR) is 252 cm³/mol. The molecule has 2 fully saturated rings. The summed E-state index contributed by atoms with van der Waals surface area (Å²) in [4.78, 5) is 25.7. The molecule has 4 unspecified atom stereocenters. The van der Waals surface area contributed by atoms with Gasteiger partial charge in [0, 0.05) is 12.8 Å². The highest BCUT2D eigenvalue weighted by molar-refractivity contribution is 5.70. The monoisotopic (exact) mass is 941 g/mol. The smallest absolute Gasteiger partial charge is 0.306 e. The van der Waals surface area contributed by atoms with Crippen LogP contribution >= 0.6 is 0 Å². The number of aliphatic hydroxyl groups excluding tert-OH is 7. The molecule has 0 aromatic heterocycles. The molecule has 2 aliphatic rings. The largest absolute Gasteiger partial charge is 0.462 e. The first kappa shape index (κ1) is 59.6. The second kappa shape index (κ2) is 38.3. The van der Waals surface area contributed by atoms with Crippen LogP contribution in [0.25, 0.3) is 0 Å². The standard InChI is InChI=1S/C51H88O15/c1-3-5-7-9-11-13-15-17-18-19-20-22-24-26-28-30-32-34-43(54)64-39(36-61-42(53)33-31-29-27-25-23-21-16-14-12-10-8-6-4-2)37-62-50-49(60)47(58)45(56)41(66-50)38-63-51-48(59)46(57)44(55)40(35-52)65-51/h17-18,20-23,26,28,39-41,44-52,55-60H,3-16,19,24-25,27,29-38H2,1-2H3/b18-17+,22-20+,23-21+,28-26+/t39-,40+,41+,44-,45-,46?,47?,48?,49?,50+,51+/m1/s1. The number of allylic oxidation sites excluding steroid dienone is 8. The lowest BCUT2D eigenvalue weighted by Gasteiger charge is -2.42. The van der Waals surface area contributed by atoms with E-state index in [4.69, 9.17) is 28.4 Å². The Labute approximate surface area is 395 Å². The van der Waals surface area contributed by atoms with Crippen LogP contribution in [0.5, 0.6) is 0 Å². The lowest BCUT2D eigenvalue weighted by atomic mass is 9.98. The highest BCUT2D eigenvalue weighted by Crippen LogP contribution is 2.26. The van der Waals surface area contributed by atoms with Crippen LogP contribution in [0.3, 0.4) is 0 Å². The minimum absolute atomic E-state index is 0.0895. The van der Waals surface area contributed by atoms with E-state index in [1.165, 1.54) is 77.0 Å². The summed E-state index contributed by atoms with van der Waals surface area (Å²) in [6, 6.07) is 0. The number of hydrogen-bond donors (Lipinski definition) is 7. The topological polar surface area (TPSA) is 231 Å². The van der Waals surface area contributed by atoms with Crippen molar-refractivity contribution in [3.8, 4) is 0 Å². The fourth-order valence-corrected chi connectivity index (χ4v) is 7.58. The molecule has 7 N–H and O–H groups in total. The molecule has 2 aliphatic heterocycles. The van der Waals surface area contributed by atoms with E-state index >= 15 is 0 Å². The molecule has 11 atom stereocenters. The molecule has 15 nitrogen and oxygen atoms in total. The molecule has 15 heteroatoms. The van der Waals surface area contributed by atoms with Crippen molar-refractivity contribution < 1.29 is 73.8 Å². The molecular weight excluding hydrogens is 853 g/mol. The highest BCUT2D eigenvalue weighted by atomic mass is 16.7. The minimum atomic E-state index is -1.78. The Balaban J connectivity index is 1.86. The van der Waals surface area contributed by atoms with Crippen LogP contribution in [-0.4, -0.2) is 142 Å². The van der Waals surface area contributed by atoms with E-state index in [1.807, 2.05) is 6.08 Å². The van der Waals surface area contributed by atoms with Gasteiger partial charge in [0.1, 0.15) is 55.4 Å². The zero-order valence-corrected chi connectivity index (χ0v) is 40.2. The third kappa shape index (κ3) is 26.3. The van der Waals surface area contributed by atoms with Gasteiger partial charge in [0.25, 0.3) is 0 Å². The summed E-state index contributed by atoms with van der Waals surface area (Å²) in [6.45, 7) is 2.49. The van der Waals surface area contributed by atoms with Gasteiger partial charge < -0.3 is 64.2 Å². The lowest BCUT2D eigenvalue weighted by Crippen LogP contribution is -2.61. The molecule has 0 radical (unpaired) electrons. The van der Waals surface area contributed by atoms with Crippen LogP contribution in [-0.2, 0) is 38.0 Å². The third-order valence-electron chi connectivity index (χ3n) is 11.8. The van der Waals surface area contributed by atoms with Gasteiger partial charge in [-0.2, -0.15) is 0 Å². The summed E-state index contributed by atoms with van der Waals surface area (Å²) in [5.41, 5.74) is 0. The van der Waals surface area contributed by atoms with Crippen LogP contribution in [0.1, 0.15) is 168 Å². The molecule has 0 saturated carbocycles. The Morgan fingerprint density at radius 2 is 0.924 bits per heavy atom. The van der Waals surface area contributed by atoms with Crippen LogP contribution in [0, 0.1) is 0 Å².